The van der Waals surface area contributed by atoms with Crippen molar-refractivity contribution in [1.29, 1.82) is 0 Å². The molecule has 1 amide bonds. The number of amides is 1. The van der Waals surface area contributed by atoms with Gasteiger partial charge in [0, 0.05) is 20.2 Å². The maximum Gasteiger partial charge on any atom is 0.239 e. The third kappa shape index (κ3) is 6.76. The van der Waals surface area contributed by atoms with Crippen LogP contribution in [0.1, 0.15) is 13.3 Å². The predicted octanol–water partition coefficient (Wildman–Crippen LogP) is -0.240. The molecule has 0 fully saturated rings. The summed E-state index contributed by atoms with van der Waals surface area (Å²) in [5, 5.41) is 0. The molecule has 96 valence electrons. The number of carbonyl (C=O) groups excluding carboxylic acids is 1. The van der Waals surface area contributed by atoms with E-state index in [0.29, 0.717) is 13.2 Å². The van der Waals surface area contributed by atoms with Crippen LogP contribution in [0.2, 0.25) is 0 Å². The molecule has 5 heteroatoms. The Morgan fingerprint density at radius 2 is 1.94 bits per heavy atom. The Bertz CT molecular complexity index is 196. The lowest BCUT2D eigenvalue weighted by molar-refractivity contribution is -0.132. The topological polar surface area (TPSA) is 58.8 Å². The summed E-state index contributed by atoms with van der Waals surface area (Å²) < 4.78 is 4.98. The summed E-state index contributed by atoms with van der Waals surface area (Å²) in [6.45, 7) is 4.59. The standard InChI is InChI=1S/C11H25N3O2/c1-10(12)11(15)14(8-9-16-4)7-5-6-13(2)3/h10H,5-9,12H2,1-4H3. The minimum atomic E-state index is -0.434. The molecule has 0 aliphatic heterocycles. The van der Waals surface area contributed by atoms with Crippen molar-refractivity contribution in [3.63, 3.8) is 0 Å². The molecular weight excluding hydrogens is 206 g/mol. The van der Waals surface area contributed by atoms with Crippen LogP contribution in [0.3, 0.4) is 0 Å². The van der Waals surface area contributed by atoms with E-state index in [-0.39, 0.29) is 5.91 Å². The van der Waals surface area contributed by atoms with Crippen LogP contribution in [-0.4, -0.2) is 69.2 Å². The zero-order valence-electron chi connectivity index (χ0n) is 10.9. The first kappa shape index (κ1) is 15.3. The molecule has 16 heavy (non-hydrogen) atoms. The van der Waals surface area contributed by atoms with Gasteiger partial charge < -0.3 is 20.3 Å². The lowest BCUT2D eigenvalue weighted by Gasteiger charge is -2.24. The first-order valence-corrected chi connectivity index (χ1v) is 5.67. The molecule has 1 unspecified atom stereocenters. The fraction of sp³-hybridized carbons (Fsp3) is 0.909. The summed E-state index contributed by atoms with van der Waals surface area (Å²) in [5.41, 5.74) is 5.60. The summed E-state index contributed by atoms with van der Waals surface area (Å²) in [4.78, 5) is 15.6. The van der Waals surface area contributed by atoms with Crippen LogP contribution < -0.4 is 5.73 Å². The van der Waals surface area contributed by atoms with E-state index in [4.69, 9.17) is 10.5 Å². The average Bonchev–Trinajstić information content (AvgIpc) is 2.21. The van der Waals surface area contributed by atoms with Crippen LogP contribution in [0.4, 0.5) is 0 Å². The number of ether oxygens (including phenoxy) is 1. The second kappa shape index (κ2) is 8.50. The van der Waals surface area contributed by atoms with E-state index in [1.807, 2.05) is 14.1 Å². The number of hydrogen-bond donors (Lipinski definition) is 1. The molecule has 1 atom stereocenters. The number of rotatable bonds is 8. The minimum absolute atomic E-state index is 0.00388. The molecule has 0 spiro atoms. The van der Waals surface area contributed by atoms with E-state index >= 15 is 0 Å². The summed E-state index contributed by atoms with van der Waals surface area (Å²) in [6, 6.07) is -0.434. The first-order chi connectivity index (χ1) is 7.49. The van der Waals surface area contributed by atoms with E-state index in [0.717, 1.165) is 19.5 Å². The van der Waals surface area contributed by atoms with E-state index < -0.39 is 6.04 Å². The van der Waals surface area contributed by atoms with Crippen molar-refractivity contribution < 1.29 is 9.53 Å². The Hall–Kier alpha value is -0.650. The molecule has 0 heterocycles. The van der Waals surface area contributed by atoms with Crippen molar-refractivity contribution >= 4 is 5.91 Å². The van der Waals surface area contributed by atoms with Gasteiger partial charge >= 0.3 is 0 Å². The smallest absolute Gasteiger partial charge is 0.239 e. The Morgan fingerprint density at radius 3 is 2.38 bits per heavy atom. The second-order valence-electron chi connectivity index (χ2n) is 4.26. The van der Waals surface area contributed by atoms with Gasteiger partial charge in [0.05, 0.1) is 12.6 Å². The van der Waals surface area contributed by atoms with Gasteiger partial charge in [0.1, 0.15) is 0 Å². The molecule has 0 aliphatic rings. The monoisotopic (exact) mass is 231 g/mol. The second-order valence-corrected chi connectivity index (χ2v) is 4.26. The van der Waals surface area contributed by atoms with Gasteiger partial charge in [-0.3, -0.25) is 4.79 Å². The maximum atomic E-state index is 11.8. The Balaban J connectivity index is 4.04. The largest absolute Gasteiger partial charge is 0.383 e. The molecule has 0 saturated carbocycles. The van der Waals surface area contributed by atoms with Crippen LogP contribution in [0.15, 0.2) is 0 Å². The highest BCUT2D eigenvalue weighted by Gasteiger charge is 2.16. The third-order valence-electron chi connectivity index (χ3n) is 2.30. The molecule has 5 nitrogen and oxygen atoms in total. The van der Waals surface area contributed by atoms with Crippen molar-refractivity contribution in [2.75, 3.05) is 47.4 Å². The van der Waals surface area contributed by atoms with E-state index in [1.54, 1.807) is 18.9 Å². The van der Waals surface area contributed by atoms with E-state index in [1.165, 1.54) is 0 Å². The molecule has 2 N–H and O–H groups in total. The fourth-order valence-corrected chi connectivity index (χ4v) is 1.40. The van der Waals surface area contributed by atoms with Crippen molar-refractivity contribution in [2.45, 2.75) is 19.4 Å². The van der Waals surface area contributed by atoms with Gasteiger partial charge in [-0.1, -0.05) is 0 Å². The highest BCUT2D eigenvalue weighted by atomic mass is 16.5. The number of nitrogens with two attached hydrogens (primary N) is 1. The van der Waals surface area contributed by atoms with E-state index in [2.05, 4.69) is 4.90 Å². The molecule has 0 aliphatic carbocycles. The summed E-state index contributed by atoms with van der Waals surface area (Å²) in [7, 11) is 5.67. The van der Waals surface area contributed by atoms with Crippen LogP contribution in [0.25, 0.3) is 0 Å². The van der Waals surface area contributed by atoms with Crippen LogP contribution in [0, 0.1) is 0 Å². The van der Waals surface area contributed by atoms with Crippen LogP contribution >= 0.6 is 0 Å². The summed E-state index contributed by atoms with van der Waals surface area (Å²) in [5.74, 6) is -0.00388. The van der Waals surface area contributed by atoms with Gasteiger partial charge in [0.2, 0.25) is 5.91 Å². The highest BCUT2D eigenvalue weighted by molar-refractivity contribution is 5.81. The van der Waals surface area contributed by atoms with Crippen LogP contribution in [0.5, 0.6) is 0 Å². The van der Waals surface area contributed by atoms with Crippen molar-refractivity contribution in [1.82, 2.24) is 9.80 Å². The van der Waals surface area contributed by atoms with Crippen molar-refractivity contribution in [2.24, 2.45) is 5.73 Å². The number of carbonyl (C=O) groups is 1. The van der Waals surface area contributed by atoms with E-state index in [9.17, 15) is 4.79 Å². The Morgan fingerprint density at radius 1 is 1.31 bits per heavy atom. The summed E-state index contributed by atoms with van der Waals surface area (Å²) in [6.07, 6.45) is 0.954. The SMILES string of the molecule is COCCN(CCCN(C)C)C(=O)C(C)N. The zero-order valence-corrected chi connectivity index (χ0v) is 10.9. The molecular formula is C11H25N3O2. The molecule has 0 aromatic heterocycles. The van der Waals surface area contributed by atoms with Crippen molar-refractivity contribution in [3.05, 3.63) is 0 Å². The number of methoxy groups -OCH3 is 1. The molecule has 0 rings (SSSR count). The van der Waals surface area contributed by atoms with Gasteiger partial charge in [0.15, 0.2) is 0 Å². The summed E-state index contributed by atoms with van der Waals surface area (Å²) >= 11 is 0. The van der Waals surface area contributed by atoms with Gasteiger partial charge in [-0.25, -0.2) is 0 Å². The average molecular weight is 231 g/mol. The first-order valence-electron chi connectivity index (χ1n) is 5.67. The van der Waals surface area contributed by atoms with Gasteiger partial charge in [-0.05, 0) is 34.0 Å². The normalized spacial score (nSPS) is 12.9. The third-order valence-corrected chi connectivity index (χ3v) is 2.30. The number of nitrogens with zero attached hydrogens (tertiary/aromatic N) is 2. The molecule has 0 saturated heterocycles. The molecule has 0 radical (unpaired) electrons. The van der Waals surface area contributed by atoms with Crippen molar-refractivity contribution in [3.8, 4) is 0 Å². The molecule has 0 aromatic carbocycles. The lowest BCUT2D eigenvalue weighted by atomic mass is 10.2. The predicted molar refractivity (Wildman–Crippen MR) is 65.3 cm³/mol. The minimum Gasteiger partial charge on any atom is -0.383 e. The fourth-order valence-electron chi connectivity index (χ4n) is 1.40. The lowest BCUT2D eigenvalue weighted by Crippen LogP contribution is -2.44. The Labute approximate surface area is 98.5 Å². The molecule has 0 bridgehead atoms. The van der Waals surface area contributed by atoms with Gasteiger partial charge in [0.25, 0.3) is 0 Å². The highest BCUT2D eigenvalue weighted by Crippen LogP contribution is 1.97. The zero-order chi connectivity index (χ0) is 12.6. The van der Waals surface area contributed by atoms with Gasteiger partial charge in [-0.2, -0.15) is 0 Å². The maximum absolute atomic E-state index is 11.8. The molecule has 0 aromatic rings. The van der Waals surface area contributed by atoms with Gasteiger partial charge in [-0.15, -0.1) is 0 Å². The Kier molecular flexibility index (Phi) is 8.15. The number of hydrogen-bond acceptors (Lipinski definition) is 4. The van der Waals surface area contributed by atoms with Crippen LogP contribution in [-0.2, 0) is 9.53 Å². The quantitative estimate of drug-likeness (QED) is 0.626.